The zero-order valence-electron chi connectivity index (χ0n) is 12.1. The summed E-state index contributed by atoms with van der Waals surface area (Å²) < 4.78 is 7.01. The Kier molecular flexibility index (Phi) is 3.91. The Morgan fingerprint density at radius 1 is 1.20 bits per heavy atom. The molecule has 1 aliphatic carbocycles. The molecule has 2 N–H and O–H groups in total. The lowest BCUT2D eigenvalue weighted by atomic mass is 9.73. The molecule has 3 rings (SSSR count). The molecule has 0 amide bonds. The number of halogens is 1. The van der Waals surface area contributed by atoms with Gasteiger partial charge in [-0.05, 0) is 65.1 Å². The van der Waals surface area contributed by atoms with Crippen LogP contribution < -0.4 is 5.73 Å². The Bertz CT molecular complexity index is 596. The average molecular weight is 336 g/mol. The molecule has 108 valence electrons. The van der Waals surface area contributed by atoms with E-state index < -0.39 is 0 Å². The molecule has 3 heteroatoms. The van der Waals surface area contributed by atoms with Crippen molar-refractivity contribution in [1.29, 1.82) is 0 Å². The van der Waals surface area contributed by atoms with Crippen molar-refractivity contribution in [3.63, 3.8) is 0 Å². The van der Waals surface area contributed by atoms with Gasteiger partial charge in [0.1, 0.15) is 11.3 Å². The summed E-state index contributed by atoms with van der Waals surface area (Å²) in [5.74, 6) is 3.00. The van der Waals surface area contributed by atoms with Crippen molar-refractivity contribution in [2.75, 3.05) is 0 Å². The number of para-hydroxylation sites is 1. The van der Waals surface area contributed by atoms with Crippen LogP contribution in [0.5, 0.6) is 0 Å². The second-order valence-electron chi connectivity index (χ2n) is 6.51. The topological polar surface area (TPSA) is 39.2 Å². The van der Waals surface area contributed by atoms with Gasteiger partial charge in [0, 0.05) is 5.39 Å². The van der Waals surface area contributed by atoms with Gasteiger partial charge in [-0.3, -0.25) is 0 Å². The summed E-state index contributed by atoms with van der Waals surface area (Å²) >= 11 is 3.54. The number of benzene rings is 1. The van der Waals surface area contributed by atoms with E-state index in [9.17, 15) is 0 Å². The number of rotatable bonds is 2. The zero-order valence-corrected chi connectivity index (χ0v) is 13.7. The van der Waals surface area contributed by atoms with E-state index in [1.807, 2.05) is 12.1 Å². The molecule has 1 fully saturated rings. The molecule has 1 aromatic heterocycles. The molecule has 0 bridgehead atoms. The number of furan rings is 1. The third-order valence-electron chi connectivity index (χ3n) is 4.57. The van der Waals surface area contributed by atoms with Crippen LogP contribution in [0.2, 0.25) is 0 Å². The summed E-state index contributed by atoms with van der Waals surface area (Å²) in [5, 5.41) is 1.13. The van der Waals surface area contributed by atoms with Gasteiger partial charge in [0.25, 0.3) is 0 Å². The van der Waals surface area contributed by atoms with Crippen LogP contribution >= 0.6 is 15.9 Å². The van der Waals surface area contributed by atoms with Crippen LogP contribution in [-0.4, -0.2) is 0 Å². The van der Waals surface area contributed by atoms with Crippen LogP contribution in [0.3, 0.4) is 0 Å². The summed E-state index contributed by atoms with van der Waals surface area (Å²) in [6, 6.07) is 8.23. The second-order valence-corrected chi connectivity index (χ2v) is 7.36. The summed E-state index contributed by atoms with van der Waals surface area (Å²) in [4.78, 5) is 0. The minimum Gasteiger partial charge on any atom is -0.458 e. The maximum Gasteiger partial charge on any atom is 0.148 e. The van der Waals surface area contributed by atoms with Crippen LogP contribution in [0.1, 0.15) is 44.9 Å². The number of hydrogen-bond donors (Lipinski definition) is 1. The smallest absolute Gasteiger partial charge is 0.148 e. The van der Waals surface area contributed by atoms with E-state index in [2.05, 4.69) is 41.9 Å². The van der Waals surface area contributed by atoms with Gasteiger partial charge in [0.2, 0.25) is 0 Å². The van der Waals surface area contributed by atoms with Gasteiger partial charge < -0.3 is 10.2 Å². The molecule has 2 nitrogen and oxygen atoms in total. The number of fused-ring (bicyclic) bond motifs is 1. The Morgan fingerprint density at radius 2 is 1.90 bits per heavy atom. The van der Waals surface area contributed by atoms with E-state index in [-0.39, 0.29) is 6.04 Å². The van der Waals surface area contributed by atoms with Gasteiger partial charge in [-0.1, -0.05) is 26.0 Å². The van der Waals surface area contributed by atoms with Crippen molar-refractivity contribution in [1.82, 2.24) is 0 Å². The molecule has 0 saturated heterocycles. The minimum absolute atomic E-state index is 0.0134. The SMILES string of the molecule is CC1CC(C)CC(C(N)c2cc3cccc(Br)c3o2)C1. The molecular formula is C17H22BrNO. The van der Waals surface area contributed by atoms with Crippen molar-refractivity contribution in [3.8, 4) is 0 Å². The molecule has 1 heterocycles. The molecule has 20 heavy (non-hydrogen) atoms. The lowest BCUT2D eigenvalue weighted by molar-refractivity contribution is 0.184. The van der Waals surface area contributed by atoms with E-state index in [0.717, 1.165) is 33.0 Å². The number of hydrogen-bond acceptors (Lipinski definition) is 2. The highest BCUT2D eigenvalue weighted by molar-refractivity contribution is 9.10. The van der Waals surface area contributed by atoms with Crippen LogP contribution in [0.15, 0.2) is 33.2 Å². The maximum absolute atomic E-state index is 6.50. The highest BCUT2D eigenvalue weighted by atomic mass is 79.9. The molecule has 0 aliphatic heterocycles. The molecule has 3 atom stereocenters. The van der Waals surface area contributed by atoms with E-state index in [1.54, 1.807) is 0 Å². The van der Waals surface area contributed by atoms with Crippen molar-refractivity contribution >= 4 is 26.9 Å². The normalized spacial score (nSPS) is 28.7. The molecule has 2 aromatic rings. The van der Waals surface area contributed by atoms with Crippen LogP contribution in [0.4, 0.5) is 0 Å². The first-order valence-corrected chi connectivity index (χ1v) is 8.27. The first-order chi connectivity index (χ1) is 9.54. The predicted octanol–water partition coefficient (Wildman–Crippen LogP) is 5.27. The highest BCUT2D eigenvalue weighted by Crippen LogP contribution is 2.40. The standard InChI is InChI=1S/C17H22BrNO/c1-10-6-11(2)8-13(7-10)16(19)15-9-12-4-3-5-14(18)17(12)20-15/h3-5,9-11,13,16H,6-8,19H2,1-2H3. The third-order valence-corrected chi connectivity index (χ3v) is 5.19. The predicted molar refractivity (Wildman–Crippen MR) is 86.5 cm³/mol. The average Bonchev–Trinajstić information content (AvgIpc) is 2.82. The van der Waals surface area contributed by atoms with Crippen molar-refractivity contribution in [2.24, 2.45) is 23.5 Å². The van der Waals surface area contributed by atoms with Crippen LogP contribution in [0.25, 0.3) is 11.0 Å². The Balaban J connectivity index is 1.88. The molecule has 3 unspecified atom stereocenters. The summed E-state index contributed by atoms with van der Waals surface area (Å²) in [7, 11) is 0. The minimum atomic E-state index is 0.0134. The second kappa shape index (κ2) is 5.53. The van der Waals surface area contributed by atoms with Crippen molar-refractivity contribution in [2.45, 2.75) is 39.2 Å². The molecule has 1 aromatic carbocycles. The molecule has 1 aliphatic rings. The van der Waals surface area contributed by atoms with E-state index >= 15 is 0 Å². The van der Waals surface area contributed by atoms with Gasteiger partial charge in [-0.15, -0.1) is 0 Å². The Labute approximate surface area is 128 Å². The summed E-state index contributed by atoms with van der Waals surface area (Å²) in [5.41, 5.74) is 7.41. The lowest BCUT2D eigenvalue weighted by Gasteiger charge is -2.34. The first-order valence-electron chi connectivity index (χ1n) is 7.48. The fourth-order valence-corrected chi connectivity index (χ4v) is 4.21. The van der Waals surface area contributed by atoms with Gasteiger partial charge in [0.15, 0.2) is 0 Å². The maximum atomic E-state index is 6.50. The zero-order chi connectivity index (χ0) is 14.3. The summed E-state index contributed by atoms with van der Waals surface area (Å²) in [6.45, 7) is 4.68. The van der Waals surface area contributed by atoms with Crippen LogP contribution in [-0.2, 0) is 0 Å². The first kappa shape index (κ1) is 14.2. The third kappa shape index (κ3) is 2.66. The summed E-state index contributed by atoms with van der Waals surface area (Å²) in [6.07, 6.45) is 3.75. The molecule has 1 saturated carbocycles. The molecule has 0 spiro atoms. The van der Waals surface area contributed by atoms with E-state index in [1.165, 1.54) is 19.3 Å². The Morgan fingerprint density at radius 3 is 2.55 bits per heavy atom. The monoisotopic (exact) mass is 335 g/mol. The molecular weight excluding hydrogens is 314 g/mol. The van der Waals surface area contributed by atoms with Crippen LogP contribution in [0, 0.1) is 17.8 Å². The van der Waals surface area contributed by atoms with E-state index in [0.29, 0.717) is 5.92 Å². The number of nitrogens with two attached hydrogens (primary N) is 1. The molecule has 0 radical (unpaired) electrons. The van der Waals surface area contributed by atoms with E-state index in [4.69, 9.17) is 10.2 Å². The van der Waals surface area contributed by atoms with Gasteiger partial charge in [-0.25, -0.2) is 0 Å². The Hall–Kier alpha value is -0.800. The van der Waals surface area contributed by atoms with Gasteiger partial charge in [0.05, 0.1) is 10.5 Å². The van der Waals surface area contributed by atoms with Gasteiger partial charge >= 0.3 is 0 Å². The van der Waals surface area contributed by atoms with Gasteiger partial charge in [-0.2, -0.15) is 0 Å². The largest absolute Gasteiger partial charge is 0.458 e. The van der Waals surface area contributed by atoms with Crippen molar-refractivity contribution < 1.29 is 4.42 Å². The quantitative estimate of drug-likeness (QED) is 0.812. The fourth-order valence-electron chi connectivity index (χ4n) is 3.75. The lowest BCUT2D eigenvalue weighted by Crippen LogP contribution is -2.29. The fraction of sp³-hybridized carbons (Fsp3) is 0.529. The van der Waals surface area contributed by atoms with Crippen molar-refractivity contribution in [3.05, 3.63) is 34.5 Å². The highest BCUT2D eigenvalue weighted by Gasteiger charge is 2.30.